The monoisotopic (exact) mass is 609 g/mol. The fraction of sp³-hybridized carbons (Fsp3) is 0.583. The van der Waals surface area contributed by atoms with E-state index in [1.165, 1.54) is 0 Å². The molecule has 0 aromatic heterocycles. The SMILES string of the molecule is CCCCCCCCN(C(=O)C(Cc1ccccc1)NC(=O)OC(C)(C)C)C(C(=O)NCCCCC)c1cccc(C)c1O. The molecule has 2 atom stereocenters. The van der Waals surface area contributed by atoms with Gasteiger partial charge in [0.2, 0.25) is 11.8 Å². The van der Waals surface area contributed by atoms with Gasteiger partial charge in [-0.15, -0.1) is 0 Å². The molecular weight excluding hydrogens is 554 g/mol. The Kier molecular flexibility index (Phi) is 15.8. The van der Waals surface area contributed by atoms with Crippen molar-refractivity contribution in [2.24, 2.45) is 0 Å². The van der Waals surface area contributed by atoms with E-state index in [2.05, 4.69) is 24.5 Å². The molecular formula is C36H55N3O5. The smallest absolute Gasteiger partial charge is 0.408 e. The van der Waals surface area contributed by atoms with Crippen molar-refractivity contribution in [1.82, 2.24) is 15.5 Å². The first-order chi connectivity index (χ1) is 21.0. The van der Waals surface area contributed by atoms with E-state index >= 15 is 0 Å². The molecule has 0 saturated carbocycles. The number of carbonyl (C=O) groups is 3. The lowest BCUT2D eigenvalue weighted by Crippen LogP contribution is -2.54. The van der Waals surface area contributed by atoms with Crippen molar-refractivity contribution in [3.05, 3.63) is 65.2 Å². The number of nitrogens with zero attached hydrogens (tertiary/aromatic N) is 1. The van der Waals surface area contributed by atoms with Gasteiger partial charge >= 0.3 is 6.09 Å². The summed E-state index contributed by atoms with van der Waals surface area (Å²) in [7, 11) is 0. The molecule has 2 unspecified atom stereocenters. The lowest BCUT2D eigenvalue weighted by atomic mass is 9.97. The number of unbranched alkanes of at least 4 members (excludes halogenated alkanes) is 7. The van der Waals surface area contributed by atoms with Crippen LogP contribution in [0.5, 0.6) is 5.75 Å². The second kappa shape index (κ2) is 19.0. The van der Waals surface area contributed by atoms with Crippen LogP contribution in [-0.2, 0) is 20.7 Å². The Bertz CT molecular complexity index is 1160. The van der Waals surface area contributed by atoms with E-state index < -0.39 is 29.7 Å². The summed E-state index contributed by atoms with van der Waals surface area (Å²) < 4.78 is 5.54. The Morgan fingerprint density at radius 1 is 0.864 bits per heavy atom. The van der Waals surface area contributed by atoms with Crippen molar-refractivity contribution >= 4 is 17.9 Å². The average Bonchev–Trinajstić information content (AvgIpc) is 2.97. The zero-order chi connectivity index (χ0) is 32.5. The second-order valence-electron chi connectivity index (χ2n) is 12.6. The highest BCUT2D eigenvalue weighted by molar-refractivity contribution is 5.92. The van der Waals surface area contributed by atoms with E-state index in [0.717, 1.165) is 56.9 Å². The molecule has 8 nitrogen and oxygen atoms in total. The summed E-state index contributed by atoms with van der Waals surface area (Å²) in [5.41, 5.74) is 1.09. The number of benzene rings is 2. The summed E-state index contributed by atoms with van der Waals surface area (Å²) in [6.07, 6.45) is 8.33. The molecule has 2 aromatic carbocycles. The minimum Gasteiger partial charge on any atom is -0.507 e. The fourth-order valence-corrected chi connectivity index (χ4v) is 5.17. The van der Waals surface area contributed by atoms with Gasteiger partial charge < -0.3 is 25.4 Å². The molecule has 2 aromatic rings. The number of hydrogen-bond donors (Lipinski definition) is 3. The number of para-hydroxylation sites is 1. The van der Waals surface area contributed by atoms with Gasteiger partial charge in [0, 0.05) is 25.1 Å². The molecule has 44 heavy (non-hydrogen) atoms. The first kappa shape index (κ1) is 36.6. The van der Waals surface area contributed by atoms with E-state index in [1.807, 2.05) is 30.3 Å². The Morgan fingerprint density at radius 3 is 2.16 bits per heavy atom. The van der Waals surface area contributed by atoms with Crippen LogP contribution < -0.4 is 10.6 Å². The molecule has 0 heterocycles. The minimum atomic E-state index is -1.07. The van der Waals surface area contributed by atoms with Crippen LogP contribution in [0.1, 0.15) is 115 Å². The molecule has 0 aliphatic heterocycles. The highest BCUT2D eigenvalue weighted by Crippen LogP contribution is 2.33. The maximum absolute atomic E-state index is 14.6. The largest absolute Gasteiger partial charge is 0.507 e. The molecule has 0 radical (unpaired) electrons. The van der Waals surface area contributed by atoms with Crippen LogP contribution in [0.25, 0.3) is 0 Å². The fourth-order valence-electron chi connectivity index (χ4n) is 5.17. The van der Waals surface area contributed by atoms with E-state index in [4.69, 9.17) is 4.74 Å². The van der Waals surface area contributed by atoms with Crippen LogP contribution in [0, 0.1) is 6.92 Å². The average molecular weight is 610 g/mol. The molecule has 2 rings (SSSR count). The number of alkyl carbamates (subject to hydrolysis) is 1. The number of nitrogens with one attached hydrogen (secondary N) is 2. The zero-order valence-corrected chi connectivity index (χ0v) is 27.8. The van der Waals surface area contributed by atoms with Crippen LogP contribution in [0.3, 0.4) is 0 Å². The van der Waals surface area contributed by atoms with Gasteiger partial charge in [-0.2, -0.15) is 0 Å². The maximum atomic E-state index is 14.6. The van der Waals surface area contributed by atoms with Gasteiger partial charge in [0.15, 0.2) is 0 Å². The zero-order valence-electron chi connectivity index (χ0n) is 27.8. The molecule has 0 spiro atoms. The number of carbonyl (C=O) groups excluding carboxylic acids is 3. The predicted molar refractivity (Wildman–Crippen MR) is 177 cm³/mol. The van der Waals surface area contributed by atoms with Crippen LogP contribution in [0.2, 0.25) is 0 Å². The van der Waals surface area contributed by atoms with Crippen molar-refractivity contribution < 1.29 is 24.2 Å². The number of phenols is 1. The number of aromatic hydroxyl groups is 1. The summed E-state index contributed by atoms with van der Waals surface area (Å²) in [4.78, 5) is 43.1. The molecule has 0 aliphatic rings. The third-order valence-electron chi connectivity index (χ3n) is 7.51. The molecule has 0 bridgehead atoms. The molecule has 0 fully saturated rings. The number of ether oxygens (including phenoxy) is 1. The Balaban J connectivity index is 2.54. The normalized spacial score (nSPS) is 12.7. The van der Waals surface area contributed by atoms with Crippen LogP contribution in [-0.4, -0.2) is 52.6 Å². The molecule has 0 saturated heterocycles. The molecule has 244 valence electrons. The van der Waals surface area contributed by atoms with Gasteiger partial charge in [0.25, 0.3) is 0 Å². The van der Waals surface area contributed by atoms with Gasteiger partial charge in [-0.25, -0.2) is 4.79 Å². The van der Waals surface area contributed by atoms with E-state index in [1.54, 1.807) is 50.8 Å². The van der Waals surface area contributed by atoms with E-state index in [9.17, 15) is 19.5 Å². The Morgan fingerprint density at radius 2 is 1.50 bits per heavy atom. The van der Waals surface area contributed by atoms with Gasteiger partial charge in [-0.3, -0.25) is 9.59 Å². The van der Waals surface area contributed by atoms with Crippen molar-refractivity contribution in [3.63, 3.8) is 0 Å². The van der Waals surface area contributed by atoms with E-state index in [-0.39, 0.29) is 18.1 Å². The summed E-state index contributed by atoms with van der Waals surface area (Å²) in [5, 5.41) is 17.0. The standard InChI is InChI=1S/C36H55N3O5/c1-7-9-11-12-13-18-25-39(31(33(41)37-24-17-10-8-2)29-23-19-20-27(3)32(29)40)34(42)30(26-28-21-15-14-16-22-28)38-35(43)44-36(4,5)6/h14-16,19-23,30-31,40H,7-13,17-18,24-26H2,1-6H3,(H,37,41)(H,38,43). The number of aryl methyl sites for hydroxylation is 1. The maximum Gasteiger partial charge on any atom is 0.408 e. The third kappa shape index (κ3) is 12.6. The summed E-state index contributed by atoms with van der Waals surface area (Å²) in [6.45, 7) is 12.1. The second-order valence-corrected chi connectivity index (χ2v) is 12.6. The van der Waals surface area contributed by atoms with E-state index in [0.29, 0.717) is 30.6 Å². The summed E-state index contributed by atoms with van der Waals surface area (Å²) in [6, 6.07) is 12.7. The number of phenolic OH excluding ortho intramolecular Hbond substituents is 1. The minimum absolute atomic E-state index is 0.0123. The topological polar surface area (TPSA) is 108 Å². The predicted octanol–water partition coefficient (Wildman–Crippen LogP) is 7.37. The summed E-state index contributed by atoms with van der Waals surface area (Å²) >= 11 is 0. The van der Waals surface area contributed by atoms with Crippen molar-refractivity contribution in [3.8, 4) is 5.75 Å². The Labute approximate surface area is 264 Å². The van der Waals surface area contributed by atoms with Gasteiger partial charge in [0.1, 0.15) is 23.4 Å². The number of rotatable bonds is 18. The van der Waals surface area contributed by atoms with Crippen LogP contribution >= 0.6 is 0 Å². The van der Waals surface area contributed by atoms with Crippen molar-refractivity contribution in [1.29, 1.82) is 0 Å². The Hall–Kier alpha value is -3.55. The van der Waals surface area contributed by atoms with Crippen molar-refractivity contribution in [2.75, 3.05) is 13.1 Å². The van der Waals surface area contributed by atoms with Crippen molar-refractivity contribution in [2.45, 2.75) is 123 Å². The summed E-state index contributed by atoms with van der Waals surface area (Å²) in [5.74, 6) is -0.762. The van der Waals surface area contributed by atoms with Crippen LogP contribution in [0.4, 0.5) is 4.79 Å². The lowest BCUT2D eigenvalue weighted by molar-refractivity contribution is -0.142. The highest BCUT2D eigenvalue weighted by atomic mass is 16.6. The van der Waals surface area contributed by atoms with Gasteiger partial charge in [-0.05, 0) is 51.7 Å². The van der Waals surface area contributed by atoms with Crippen LogP contribution in [0.15, 0.2) is 48.5 Å². The first-order valence-corrected chi connectivity index (χ1v) is 16.4. The molecule has 3 amide bonds. The number of amides is 3. The third-order valence-corrected chi connectivity index (χ3v) is 7.51. The quantitative estimate of drug-likeness (QED) is 0.153. The first-order valence-electron chi connectivity index (χ1n) is 16.4. The lowest BCUT2D eigenvalue weighted by Gasteiger charge is -2.35. The molecule has 0 aliphatic carbocycles. The van der Waals surface area contributed by atoms with Gasteiger partial charge in [-0.1, -0.05) is 107 Å². The van der Waals surface area contributed by atoms with Gasteiger partial charge in [0.05, 0.1) is 0 Å². The molecule has 3 N–H and O–H groups in total. The highest BCUT2D eigenvalue weighted by Gasteiger charge is 2.37. The number of hydrogen-bond acceptors (Lipinski definition) is 5. The molecule has 8 heteroatoms.